The van der Waals surface area contributed by atoms with Crippen LogP contribution >= 0.6 is 11.6 Å². The van der Waals surface area contributed by atoms with Gasteiger partial charge in [-0.05, 0) is 48.7 Å². The Morgan fingerprint density at radius 3 is 2.49 bits per heavy atom. The number of halogens is 1. The Labute approximate surface area is 211 Å². The van der Waals surface area contributed by atoms with Crippen LogP contribution in [0.4, 0.5) is 11.4 Å². The second-order valence-electron chi connectivity index (χ2n) is 8.71. The maximum Gasteiger partial charge on any atom is 0.253 e. The molecule has 0 aromatic heterocycles. The Morgan fingerprint density at radius 1 is 0.886 bits per heavy atom. The lowest BCUT2D eigenvalue weighted by molar-refractivity contribution is -0.114. The molecule has 0 bridgehead atoms. The van der Waals surface area contributed by atoms with Gasteiger partial charge in [-0.25, -0.2) is 0 Å². The fourth-order valence-electron chi connectivity index (χ4n) is 4.11. The third-order valence-electron chi connectivity index (χ3n) is 5.97. The van der Waals surface area contributed by atoms with E-state index in [1.807, 2.05) is 54.6 Å². The van der Waals surface area contributed by atoms with Gasteiger partial charge in [0, 0.05) is 23.5 Å². The SMILES string of the molecule is O=C(CNc1cccc(OCc2ccccc2)c1)Nc1ccc(Cl)c(C(=O)NC2CCCCC2)c1. The number of hydrogen-bond acceptors (Lipinski definition) is 4. The summed E-state index contributed by atoms with van der Waals surface area (Å²) in [5.41, 5.74) is 2.75. The quantitative estimate of drug-likeness (QED) is 0.341. The van der Waals surface area contributed by atoms with Gasteiger partial charge in [-0.1, -0.05) is 67.3 Å². The number of rotatable bonds is 9. The largest absolute Gasteiger partial charge is 0.489 e. The van der Waals surface area contributed by atoms with E-state index in [9.17, 15) is 9.59 Å². The Bertz CT molecular complexity index is 1150. The molecule has 0 saturated heterocycles. The van der Waals surface area contributed by atoms with Crippen molar-refractivity contribution >= 4 is 34.8 Å². The van der Waals surface area contributed by atoms with Crippen molar-refractivity contribution in [3.05, 3.63) is 88.9 Å². The average molecular weight is 492 g/mol. The van der Waals surface area contributed by atoms with Crippen molar-refractivity contribution in [3.63, 3.8) is 0 Å². The summed E-state index contributed by atoms with van der Waals surface area (Å²) in [5, 5.41) is 9.37. The summed E-state index contributed by atoms with van der Waals surface area (Å²) in [5.74, 6) is 0.274. The second-order valence-corrected chi connectivity index (χ2v) is 9.11. The van der Waals surface area contributed by atoms with Gasteiger partial charge in [0.25, 0.3) is 5.91 Å². The normalized spacial score (nSPS) is 13.6. The number of carbonyl (C=O) groups is 2. The molecule has 0 unspecified atom stereocenters. The highest BCUT2D eigenvalue weighted by molar-refractivity contribution is 6.34. The molecule has 1 aliphatic rings. The molecule has 1 fully saturated rings. The average Bonchev–Trinajstić information content (AvgIpc) is 2.89. The molecule has 0 atom stereocenters. The van der Waals surface area contributed by atoms with E-state index in [1.54, 1.807) is 18.2 Å². The van der Waals surface area contributed by atoms with E-state index in [2.05, 4.69) is 16.0 Å². The molecule has 0 radical (unpaired) electrons. The number of benzene rings is 3. The van der Waals surface area contributed by atoms with E-state index in [0.717, 1.165) is 36.9 Å². The van der Waals surface area contributed by atoms with Gasteiger partial charge < -0.3 is 20.7 Å². The molecule has 0 spiro atoms. The first kappa shape index (κ1) is 24.6. The van der Waals surface area contributed by atoms with Crippen LogP contribution in [0.5, 0.6) is 5.75 Å². The third kappa shape index (κ3) is 7.49. The first-order valence-corrected chi connectivity index (χ1v) is 12.4. The van der Waals surface area contributed by atoms with Gasteiger partial charge in [0.1, 0.15) is 12.4 Å². The monoisotopic (exact) mass is 491 g/mol. The highest BCUT2D eigenvalue weighted by Gasteiger charge is 2.19. The highest BCUT2D eigenvalue weighted by Crippen LogP contribution is 2.23. The predicted molar refractivity (Wildman–Crippen MR) is 140 cm³/mol. The van der Waals surface area contributed by atoms with E-state index < -0.39 is 0 Å². The maximum atomic E-state index is 12.7. The summed E-state index contributed by atoms with van der Waals surface area (Å²) in [6, 6.07) is 22.5. The van der Waals surface area contributed by atoms with Crippen molar-refractivity contribution in [1.29, 1.82) is 0 Å². The molecule has 182 valence electrons. The molecule has 3 N–H and O–H groups in total. The van der Waals surface area contributed by atoms with Crippen LogP contribution in [0.15, 0.2) is 72.8 Å². The molecule has 4 rings (SSSR count). The number of ether oxygens (including phenoxy) is 1. The molecule has 1 saturated carbocycles. The molecule has 35 heavy (non-hydrogen) atoms. The Kier molecular flexibility index (Phi) is 8.63. The second kappa shape index (κ2) is 12.3. The molecule has 0 heterocycles. The topological polar surface area (TPSA) is 79.5 Å². The number of carbonyl (C=O) groups excluding carboxylic acids is 2. The molecule has 6 nitrogen and oxygen atoms in total. The maximum absolute atomic E-state index is 12.7. The first-order chi connectivity index (χ1) is 17.1. The zero-order valence-corrected chi connectivity index (χ0v) is 20.3. The summed E-state index contributed by atoms with van der Waals surface area (Å²) >= 11 is 6.27. The predicted octanol–water partition coefficient (Wildman–Crippen LogP) is 6.03. The van der Waals surface area contributed by atoms with Crippen LogP contribution < -0.4 is 20.7 Å². The van der Waals surface area contributed by atoms with E-state index in [4.69, 9.17) is 16.3 Å². The minimum atomic E-state index is -0.235. The van der Waals surface area contributed by atoms with Crippen molar-refractivity contribution in [2.45, 2.75) is 44.8 Å². The van der Waals surface area contributed by atoms with Crippen molar-refractivity contribution in [2.75, 3.05) is 17.2 Å². The number of anilines is 2. The minimum absolute atomic E-state index is 0.0639. The van der Waals surface area contributed by atoms with Crippen LogP contribution in [0.1, 0.15) is 48.0 Å². The molecular formula is C28H30ClN3O3. The number of hydrogen-bond donors (Lipinski definition) is 3. The van der Waals surface area contributed by atoms with Crippen LogP contribution in [0.2, 0.25) is 5.02 Å². The summed E-state index contributed by atoms with van der Waals surface area (Å²) < 4.78 is 5.85. The molecule has 7 heteroatoms. The van der Waals surface area contributed by atoms with Gasteiger partial charge in [-0.3, -0.25) is 9.59 Å². The lowest BCUT2D eigenvalue weighted by Gasteiger charge is -2.23. The van der Waals surface area contributed by atoms with E-state index in [1.165, 1.54) is 6.42 Å². The molecule has 2 amide bonds. The lowest BCUT2D eigenvalue weighted by Crippen LogP contribution is -2.36. The van der Waals surface area contributed by atoms with Crippen molar-refractivity contribution in [3.8, 4) is 5.75 Å². The van der Waals surface area contributed by atoms with Crippen molar-refractivity contribution < 1.29 is 14.3 Å². The van der Waals surface area contributed by atoms with E-state index >= 15 is 0 Å². The first-order valence-electron chi connectivity index (χ1n) is 12.0. The van der Waals surface area contributed by atoms with Gasteiger partial charge in [-0.2, -0.15) is 0 Å². The summed E-state index contributed by atoms with van der Waals surface area (Å²) in [6.07, 6.45) is 5.45. The van der Waals surface area contributed by atoms with Gasteiger partial charge in [0.05, 0.1) is 17.1 Å². The third-order valence-corrected chi connectivity index (χ3v) is 6.30. The summed E-state index contributed by atoms with van der Waals surface area (Å²) in [4.78, 5) is 25.3. The van der Waals surface area contributed by atoms with Gasteiger partial charge >= 0.3 is 0 Å². The summed E-state index contributed by atoms with van der Waals surface area (Å²) in [6.45, 7) is 0.534. The molecule has 3 aromatic carbocycles. The van der Waals surface area contributed by atoms with E-state index in [0.29, 0.717) is 28.6 Å². The molecular weight excluding hydrogens is 462 g/mol. The molecule has 3 aromatic rings. The summed E-state index contributed by atoms with van der Waals surface area (Å²) in [7, 11) is 0. The number of amides is 2. The zero-order chi connectivity index (χ0) is 24.5. The van der Waals surface area contributed by atoms with Gasteiger partial charge in [0.2, 0.25) is 5.91 Å². The van der Waals surface area contributed by atoms with Gasteiger partial charge in [-0.15, -0.1) is 0 Å². The number of nitrogens with one attached hydrogen (secondary N) is 3. The van der Waals surface area contributed by atoms with Crippen LogP contribution in [0.25, 0.3) is 0 Å². The fraction of sp³-hybridized carbons (Fsp3) is 0.286. The zero-order valence-electron chi connectivity index (χ0n) is 19.6. The fourth-order valence-corrected chi connectivity index (χ4v) is 4.31. The Morgan fingerprint density at radius 2 is 1.69 bits per heavy atom. The standard InChI is InChI=1S/C28H30ClN3O3/c29-26-15-14-23(17-25(26)28(34)32-21-10-5-2-6-11-21)31-27(33)18-30-22-12-7-13-24(16-22)35-19-20-8-3-1-4-9-20/h1,3-4,7-9,12-17,21,30H,2,5-6,10-11,18-19H2,(H,31,33)(H,32,34). The molecule has 0 aliphatic heterocycles. The Balaban J connectivity index is 1.29. The van der Waals surface area contributed by atoms with Crippen molar-refractivity contribution in [2.24, 2.45) is 0 Å². The molecule has 1 aliphatic carbocycles. The van der Waals surface area contributed by atoms with Crippen LogP contribution in [0, 0.1) is 0 Å². The van der Waals surface area contributed by atoms with Crippen LogP contribution in [-0.4, -0.2) is 24.4 Å². The Hall–Kier alpha value is -3.51. The van der Waals surface area contributed by atoms with Crippen molar-refractivity contribution in [1.82, 2.24) is 5.32 Å². The highest BCUT2D eigenvalue weighted by atomic mass is 35.5. The smallest absolute Gasteiger partial charge is 0.253 e. The van der Waals surface area contributed by atoms with Gasteiger partial charge in [0.15, 0.2) is 0 Å². The minimum Gasteiger partial charge on any atom is -0.489 e. The van der Waals surface area contributed by atoms with E-state index in [-0.39, 0.29) is 24.4 Å². The van der Waals surface area contributed by atoms with Crippen LogP contribution in [0.3, 0.4) is 0 Å². The lowest BCUT2D eigenvalue weighted by atomic mass is 9.95. The van der Waals surface area contributed by atoms with Crippen LogP contribution in [-0.2, 0) is 11.4 Å².